The molecule has 8 heteroatoms. The van der Waals surface area contributed by atoms with Gasteiger partial charge in [0.15, 0.2) is 5.13 Å². The van der Waals surface area contributed by atoms with Gasteiger partial charge in [-0.05, 0) is 32.0 Å². The van der Waals surface area contributed by atoms with Crippen molar-refractivity contribution in [2.45, 2.75) is 26.3 Å². The molecule has 0 N–H and O–H groups in total. The van der Waals surface area contributed by atoms with E-state index in [-0.39, 0.29) is 23.8 Å². The van der Waals surface area contributed by atoms with Crippen LogP contribution in [0, 0.1) is 5.92 Å². The monoisotopic (exact) mass is 406 g/mol. The summed E-state index contributed by atoms with van der Waals surface area (Å²) >= 11 is 7.70. The fourth-order valence-electron chi connectivity index (χ4n) is 3.79. The number of aromatic nitrogens is 1. The number of benzene rings is 1. The number of rotatable bonds is 3. The molecule has 3 heterocycles. The number of nitrogens with zero attached hydrogens (tertiary/aromatic N) is 4. The van der Waals surface area contributed by atoms with Crippen molar-refractivity contribution >= 4 is 50.1 Å². The number of likely N-dealkylation sites (tertiary alicyclic amines) is 1. The first kappa shape index (κ1) is 18.5. The Kier molecular flexibility index (Phi) is 4.99. The van der Waals surface area contributed by atoms with Gasteiger partial charge in [-0.1, -0.05) is 22.9 Å². The highest BCUT2D eigenvalue weighted by molar-refractivity contribution is 7.22. The van der Waals surface area contributed by atoms with Gasteiger partial charge >= 0.3 is 0 Å². The summed E-state index contributed by atoms with van der Waals surface area (Å²) in [6.07, 6.45) is 0.343. The molecule has 27 heavy (non-hydrogen) atoms. The SMILES string of the molecule is CC(C)N1CC(C(=O)N2CCN(c3nc4ccc(Cl)cc4s3)CC2)CC1=O. The van der Waals surface area contributed by atoms with Gasteiger partial charge in [-0.25, -0.2) is 4.98 Å². The topological polar surface area (TPSA) is 56.8 Å². The minimum absolute atomic E-state index is 0.0927. The minimum Gasteiger partial charge on any atom is -0.345 e. The van der Waals surface area contributed by atoms with E-state index in [1.807, 2.05) is 41.8 Å². The standard InChI is InChI=1S/C19H23ClN4O2S/c1-12(2)24-11-13(9-17(24)25)18(26)22-5-7-23(8-6-22)19-21-15-4-3-14(20)10-16(15)27-19/h3-4,10,12-13H,5-9,11H2,1-2H3. The maximum Gasteiger partial charge on any atom is 0.228 e. The lowest BCUT2D eigenvalue weighted by Gasteiger charge is -2.35. The molecule has 1 atom stereocenters. The van der Waals surface area contributed by atoms with Crippen molar-refractivity contribution in [1.29, 1.82) is 0 Å². The Bertz CT molecular complexity index is 876. The van der Waals surface area contributed by atoms with E-state index >= 15 is 0 Å². The van der Waals surface area contributed by atoms with Gasteiger partial charge in [-0.2, -0.15) is 0 Å². The van der Waals surface area contributed by atoms with Crippen LogP contribution in [0.5, 0.6) is 0 Å². The average molecular weight is 407 g/mol. The van der Waals surface area contributed by atoms with E-state index in [1.54, 1.807) is 11.3 Å². The fourth-order valence-corrected chi connectivity index (χ4v) is 5.09. The van der Waals surface area contributed by atoms with Crippen LogP contribution in [0.3, 0.4) is 0 Å². The summed E-state index contributed by atoms with van der Waals surface area (Å²) in [5.41, 5.74) is 0.955. The number of amides is 2. The number of anilines is 1. The van der Waals surface area contributed by atoms with Crippen molar-refractivity contribution in [2.24, 2.45) is 5.92 Å². The smallest absolute Gasteiger partial charge is 0.228 e. The van der Waals surface area contributed by atoms with Gasteiger partial charge in [-0.3, -0.25) is 9.59 Å². The van der Waals surface area contributed by atoms with Crippen molar-refractivity contribution < 1.29 is 9.59 Å². The molecule has 2 amide bonds. The van der Waals surface area contributed by atoms with Crippen LogP contribution in [0.1, 0.15) is 20.3 Å². The Balaban J connectivity index is 1.38. The summed E-state index contributed by atoms with van der Waals surface area (Å²) in [6, 6.07) is 5.89. The van der Waals surface area contributed by atoms with Crippen LogP contribution in [-0.4, -0.2) is 65.4 Å². The molecule has 0 spiro atoms. The number of carbonyl (C=O) groups excluding carboxylic acids is 2. The molecule has 0 radical (unpaired) electrons. The molecular weight excluding hydrogens is 384 g/mol. The Hall–Kier alpha value is -1.86. The molecule has 4 rings (SSSR count). The van der Waals surface area contributed by atoms with Crippen molar-refractivity contribution in [3.8, 4) is 0 Å². The number of thiazole rings is 1. The first-order valence-corrected chi connectivity index (χ1v) is 10.5. The number of piperazine rings is 1. The second-order valence-corrected chi connectivity index (χ2v) is 8.91. The normalized spacial score (nSPS) is 21.0. The molecule has 6 nitrogen and oxygen atoms in total. The highest BCUT2D eigenvalue weighted by atomic mass is 35.5. The van der Waals surface area contributed by atoms with Gasteiger partial charge < -0.3 is 14.7 Å². The number of hydrogen-bond donors (Lipinski definition) is 0. The maximum atomic E-state index is 12.8. The second-order valence-electron chi connectivity index (χ2n) is 7.46. The van der Waals surface area contributed by atoms with E-state index < -0.39 is 0 Å². The van der Waals surface area contributed by atoms with Gasteiger partial charge in [0.25, 0.3) is 0 Å². The molecule has 0 bridgehead atoms. The first-order chi connectivity index (χ1) is 12.9. The predicted molar refractivity (Wildman–Crippen MR) is 108 cm³/mol. The van der Waals surface area contributed by atoms with Crippen LogP contribution in [-0.2, 0) is 9.59 Å². The summed E-state index contributed by atoms with van der Waals surface area (Å²) in [5, 5.41) is 1.69. The van der Waals surface area contributed by atoms with E-state index in [0.717, 1.165) is 33.5 Å². The number of halogens is 1. The van der Waals surface area contributed by atoms with E-state index in [2.05, 4.69) is 4.90 Å². The third-order valence-electron chi connectivity index (χ3n) is 5.33. The number of fused-ring (bicyclic) bond motifs is 1. The van der Waals surface area contributed by atoms with E-state index in [9.17, 15) is 9.59 Å². The lowest BCUT2D eigenvalue weighted by Crippen LogP contribution is -2.50. The summed E-state index contributed by atoms with van der Waals surface area (Å²) < 4.78 is 1.08. The average Bonchev–Trinajstić information content (AvgIpc) is 3.24. The fraction of sp³-hybridized carbons (Fsp3) is 0.526. The minimum atomic E-state index is -0.198. The lowest BCUT2D eigenvalue weighted by atomic mass is 10.1. The molecular formula is C19H23ClN4O2S. The van der Waals surface area contributed by atoms with Crippen LogP contribution in [0.15, 0.2) is 18.2 Å². The van der Waals surface area contributed by atoms with E-state index in [1.165, 1.54) is 0 Å². The predicted octanol–water partition coefficient (Wildman–Crippen LogP) is 2.86. The summed E-state index contributed by atoms with van der Waals surface area (Å²) in [7, 11) is 0. The van der Waals surface area contributed by atoms with Crippen molar-refractivity contribution in [3.63, 3.8) is 0 Å². The molecule has 1 unspecified atom stereocenters. The van der Waals surface area contributed by atoms with Gasteiger partial charge in [0.05, 0.1) is 16.1 Å². The number of carbonyl (C=O) groups is 2. The molecule has 1 aromatic heterocycles. The maximum absolute atomic E-state index is 12.8. The molecule has 1 aromatic carbocycles. The first-order valence-electron chi connectivity index (χ1n) is 9.31. The van der Waals surface area contributed by atoms with Crippen LogP contribution < -0.4 is 4.90 Å². The largest absolute Gasteiger partial charge is 0.345 e. The Morgan fingerprint density at radius 3 is 2.67 bits per heavy atom. The van der Waals surface area contributed by atoms with Crippen LogP contribution in [0.25, 0.3) is 10.2 Å². The van der Waals surface area contributed by atoms with Crippen LogP contribution in [0.4, 0.5) is 5.13 Å². The zero-order chi connectivity index (χ0) is 19.1. The third-order valence-corrected chi connectivity index (χ3v) is 6.65. The molecule has 144 valence electrons. The molecule has 0 saturated carbocycles. The van der Waals surface area contributed by atoms with Crippen molar-refractivity contribution in [1.82, 2.24) is 14.8 Å². The van der Waals surface area contributed by atoms with Crippen molar-refractivity contribution in [2.75, 3.05) is 37.6 Å². The second kappa shape index (κ2) is 7.28. The molecule has 2 saturated heterocycles. The van der Waals surface area contributed by atoms with E-state index in [0.29, 0.717) is 26.1 Å². The number of hydrogen-bond acceptors (Lipinski definition) is 5. The third kappa shape index (κ3) is 3.62. The molecule has 2 aliphatic rings. The Morgan fingerprint density at radius 1 is 1.26 bits per heavy atom. The highest BCUT2D eigenvalue weighted by Gasteiger charge is 2.38. The van der Waals surface area contributed by atoms with Gasteiger partial charge in [-0.15, -0.1) is 0 Å². The Morgan fingerprint density at radius 2 is 2.00 bits per heavy atom. The highest BCUT2D eigenvalue weighted by Crippen LogP contribution is 2.31. The zero-order valence-electron chi connectivity index (χ0n) is 15.5. The van der Waals surface area contributed by atoms with Crippen LogP contribution in [0.2, 0.25) is 5.02 Å². The van der Waals surface area contributed by atoms with E-state index in [4.69, 9.17) is 16.6 Å². The summed E-state index contributed by atoms with van der Waals surface area (Å²) in [5.74, 6) is 0.00777. The molecule has 2 aromatic rings. The van der Waals surface area contributed by atoms with Gasteiger partial charge in [0.2, 0.25) is 11.8 Å². The zero-order valence-corrected chi connectivity index (χ0v) is 17.1. The Labute approximate surface area is 167 Å². The van der Waals surface area contributed by atoms with Gasteiger partial charge in [0.1, 0.15) is 0 Å². The summed E-state index contributed by atoms with van der Waals surface area (Å²) in [4.78, 5) is 35.6. The molecule has 2 aliphatic heterocycles. The molecule has 0 aliphatic carbocycles. The molecule has 2 fully saturated rings. The summed E-state index contributed by atoms with van der Waals surface area (Å²) in [6.45, 7) is 7.39. The quantitative estimate of drug-likeness (QED) is 0.786. The van der Waals surface area contributed by atoms with Gasteiger partial charge in [0, 0.05) is 50.2 Å². The lowest BCUT2D eigenvalue weighted by molar-refractivity contribution is -0.136. The van der Waals surface area contributed by atoms with Crippen molar-refractivity contribution in [3.05, 3.63) is 23.2 Å². The van der Waals surface area contributed by atoms with Crippen LogP contribution >= 0.6 is 22.9 Å².